The van der Waals surface area contributed by atoms with E-state index in [0.717, 1.165) is 5.56 Å². The molecule has 2 amide bonds. The molecular formula is C14H20N2O3. The monoisotopic (exact) mass is 264 g/mol. The third kappa shape index (κ3) is 5.42. The van der Waals surface area contributed by atoms with Crippen LogP contribution in [0.4, 0.5) is 10.5 Å². The van der Waals surface area contributed by atoms with Crippen molar-refractivity contribution in [2.24, 2.45) is 5.92 Å². The lowest BCUT2D eigenvalue weighted by Gasteiger charge is -2.17. The van der Waals surface area contributed by atoms with Crippen LogP contribution < -0.4 is 10.6 Å². The number of benzene rings is 1. The van der Waals surface area contributed by atoms with Gasteiger partial charge in [-0.25, -0.2) is 9.59 Å². The van der Waals surface area contributed by atoms with E-state index in [9.17, 15) is 9.59 Å². The lowest BCUT2D eigenvalue weighted by Crippen LogP contribution is -2.43. The van der Waals surface area contributed by atoms with Gasteiger partial charge in [-0.15, -0.1) is 0 Å². The Hall–Kier alpha value is -2.04. The molecule has 0 saturated carbocycles. The molecule has 0 aliphatic heterocycles. The van der Waals surface area contributed by atoms with Crippen molar-refractivity contribution in [3.05, 3.63) is 29.8 Å². The minimum atomic E-state index is -1.02. The normalized spacial score (nSPS) is 12.0. The quantitative estimate of drug-likeness (QED) is 0.765. The van der Waals surface area contributed by atoms with E-state index in [1.54, 1.807) is 12.1 Å². The first-order valence-corrected chi connectivity index (χ1v) is 6.25. The van der Waals surface area contributed by atoms with E-state index in [1.165, 1.54) is 0 Å². The minimum Gasteiger partial charge on any atom is -0.480 e. The predicted octanol–water partition coefficient (Wildman–Crippen LogP) is 2.62. The maximum atomic E-state index is 11.7. The topological polar surface area (TPSA) is 78.4 Å². The number of carboxylic acids is 1. The summed E-state index contributed by atoms with van der Waals surface area (Å²) in [6.45, 7) is 5.78. The van der Waals surface area contributed by atoms with E-state index in [1.807, 2.05) is 32.9 Å². The SMILES string of the molecule is Cc1ccc(NC(=O)NC(CC(C)C)C(=O)O)cc1. The molecule has 0 aromatic heterocycles. The number of carbonyl (C=O) groups is 2. The second kappa shape index (κ2) is 6.78. The number of aryl methyl sites for hydroxylation is 1. The molecular weight excluding hydrogens is 244 g/mol. The fraction of sp³-hybridized carbons (Fsp3) is 0.429. The summed E-state index contributed by atoms with van der Waals surface area (Å²) >= 11 is 0. The van der Waals surface area contributed by atoms with Crippen LogP contribution in [0.2, 0.25) is 0 Å². The summed E-state index contributed by atoms with van der Waals surface area (Å²) in [6.07, 6.45) is 0.399. The Labute approximate surface area is 113 Å². The van der Waals surface area contributed by atoms with Gasteiger partial charge in [0, 0.05) is 5.69 Å². The second-order valence-corrected chi connectivity index (χ2v) is 4.98. The number of aliphatic carboxylic acids is 1. The van der Waals surface area contributed by atoms with Gasteiger partial charge in [0.15, 0.2) is 0 Å². The van der Waals surface area contributed by atoms with Crippen molar-refractivity contribution in [2.45, 2.75) is 33.2 Å². The zero-order valence-corrected chi connectivity index (χ0v) is 11.4. The molecule has 104 valence electrons. The first-order chi connectivity index (χ1) is 8.88. The zero-order valence-electron chi connectivity index (χ0n) is 11.4. The fourth-order valence-electron chi connectivity index (χ4n) is 1.66. The summed E-state index contributed by atoms with van der Waals surface area (Å²) in [4.78, 5) is 22.7. The zero-order chi connectivity index (χ0) is 14.4. The van der Waals surface area contributed by atoms with Gasteiger partial charge in [-0.3, -0.25) is 0 Å². The van der Waals surface area contributed by atoms with Crippen molar-refractivity contribution >= 4 is 17.7 Å². The Kier molecular flexibility index (Phi) is 5.36. The number of nitrogens with one attached hydrogen (secondary N) is 2. The van der Waals surface area contributed by atoms with Crippen LogP contribution in [0.3, 0.4) is 0 Å². The molecule has 0 spiro atoms. The van der Waals surface area contributed by atoms with E-state index < -0.39 is 18.0 Å². The molecule has 5 heteroatoms. The van der Waals surface area contributed by atoms with Gasteiger partial charge in [0.25, 0.3) is 0 Å². The third-order valence-corrected chi connectivity index (χ3v) is 2.62. The van der Waals surface area contributed by atoms with Crippen LogP contribution in [0.1, 0.15) is 25.8 Å². The minimum absolute atomic E-state index is 0.195. The predicted molar refractivity (Wildman–Crippen MR) is 74.2 cm³/mol. The molecule has 0 bridgehead atoms. The smallest absolute Gasteiger partial charge is 0.326 e. The van der Waals surface area contributed by atoms with Gasteiger partial charge in [-0.05, 0) is 31.4 Å². The van der Waals surface area contributed by atoms with Gasteiger partial charge in [-0.1, -0.05) is 31.5 Å². The van der Waals surface area contributed by atoms with Crippen molar-refractivity contribution in [1.29, 1.82) is 0 Å². The van der Waals surface area contributed by atoms with Gasteiger partial charge >= 0.3 is 12.0 Å². The number of carboxylic acid groups (broad SMARTS) is 1. The van der Waals surface area contributed by atoms with E-state index >= 15 is 0 Å². The molecule has 1 rings (SSSR count). The van der Waals surface area contributed by atoms with Crippen LogP contribution in [0, 0.1) is 12.8 Å². The van der Waals surface area contributed by atoms with Gasteiger partial charge in [0.2, 0.25) is 0 Å². The van der Waals surface area contributed by atoms with Gasteiger partial charge < -0.3 is 15.7 Å². The maximum absolute atomic E-state index is 11.7. The summed E-state index contributed by atoms with van der Waals surface area (Å²) in [6, 6.07) is 5.92. The largest absolute Gasteiger partial charge is 0.480 e. The average Bonchev–Trinajstić information content (AvgIpc) is 2.30. The van der Waals surface area contributed by atoms with Crippen molar-refractivity contribution < 1.29 is 14.7 Å². The average molecular weight is 264 g/mol. The molecule has 5 nitrogen and oxygen atoms in total. The van der Waals surface area contributed by atoms with E-state index in [2.05, 4.69) is 10.6 Å². The number of rotatable bonds is 5. The molecule has 19 heavy (non-hydrogen) atoms. The standard InChI is InChI=1S/C14H20N2O3/c1-9(2)8-12(13(17)18)16-14(19)15-11-6-4-10(3)5-7-11/h4-7,9,12H,8H2,1-3H3,(H,17,18)(H2,15,16,19). The van der Waals surface area contributed by atoms with Crippen LogP contribution in [0.15, 0.2) is 24.3 Å². The highest BCUT2D eigenvalue weighted by molar-refractivity contribution is 5.92. The van der Waals surface area contributed by atoms with Crippen molar-refractivity contribution in [3.8, 4) is 0 Å². The van der Waals surface area contributed by atoms with Crippen LogP contribution in [-0.2, 0) is 4.79 Å². The second-order valence-electron chi connectivity index (χ2n) is 4.98. The summed E-state index contributed by atoms with van der Waals surface area (Å²) in [7, 11) is 0. The Morgan fingerprint density at radius 2 is 1.79 bits per heavy atom. The van der Waals surface area contributed by atoms with E-state index in [4.69, 9.17) is 5.11 Å². The molecule has 1 atom stereocenters. The Morgan fingerprint density at radius 3 is 2.26 bits per heavy atom. The number of anilines is 1. The molecule has 0 aliphatic rings. The van der Waals surface area contributed by atoms with Crippen LogP contribution in [-0.4, -0.2) is 23.1 Å². The van der Waals surface area contributed by atoms with Crippen LogP contribution in [0.5, 0.6) is 0 Å². The number of carbonyl (C=O) groups excluding carboxylic acids is 1. The molecule has 0 saturated heterocycles. The fourth-order valence-corrected chi connectivity index (χ4v) is 1.66. The first kappa shape index (κ1) is 15.0. The van der Waals surface area contributed by atoms with Gasteiger partial charge in [0.1, 0.15) is 6.04 Å². The van der Waals surface area contributed by atoms with E-state index in [0.29, 0.717) is 12.1 Å². The number of hydrogen-bond acceptors (Lipinski definition) is 2. The van der Waals surface area contributed by atoms with Crippen molar-refractivity contribution in [2.75, 3.05) is 5.32 Å². The Balaban J connectivity index is 2.57. The first-order valence-electron chi connectivity index (χ1n) is 6.25. The molecule has 3 N–H and O–H groups in total. The molecule has 0 fully saturated rings. The summed E-state index contributed by atoms with van der Waals surface area (Å²) in [5.74, 6) is -0.825. The highest BCUT2D eigenvalue weighted by atomic mass is 16.4. The van der Waals surface area contributed by atoms with Crippen LogP contribution >= 0.6 is 0 Å². The molecule has 0 radical (unpaired) electrons. The molecule has 1 aromatic rings. The Morgan fingerprint density at radius 1 is 1.21 bits per heavy atom. The summed E-state index contributed by atoms with van der Waals surface area (Å²) in [5, 5.41) is 14.1. The van der Waals surface area contributed by atoms with Crippen molar-refractivity contribution in [3.63, 3.8) is 0 Å². The third-order valence-electron chi connectivity index (χ3n) is 2.62. The molecule has 1 aromatic carbocycles. The summed E-state index contributed by atoms with van der Waals surface area (Å²) in [5.41, 5.74) is 1.73. The number of urea groups is 1. The number of hydrogen-bond donors (Lipinski definition) is 3. The lowest BCUT2D eigenvalue weighted by molar-refractivity contribution is -0.139. The molecule has 0 aliphatic carbocycles. The Bertz CT molecular complexity index is 441. The highest BCUT2D eigenvalue weighted by Gasteiger charge is 2.20. The van der Waals surface area contributed by atoms with E-state index in [-0.39, 0.29) is 5.92 Å². The highest BCUT2D eigenvalue weighted by Crippen LogP contribution is 2.09. The molecule has 0 heterocycles. The van der Waals surface area contributed by atoms with Crippen molar-refractivity contribution in [1.82, 2.24) is 5.32 Å². The maximum Gasteiger partial charge on any atom is 0.326 e. The number of amides is 2. The molecule has 1 unspecified atom stereocenters. The van der Waals surface area contributed by atoms with Gasteiger partial charge in [-0.2, -0.15) is 0 Å². The lowest BCUT2D eigenvalue weighted by atomic mass is 10.0. The van der Waals surface area contributed by atoms with Gasteiger partial charge in [0.05, 0.1) is 0 Å². The van der Waals surface area contributed by atoms with Crippen LogP contribution in [0.25, 0.3) is 0 Å². The summed E-state index contributed by atoms with van der Waals surface area (Å²) < 4.78 is 0.